The summed E-state index contributed by atoms with van der Waals surface area (Å²) in [6.45, 7) is 3.99. The number of benzene rings is 2. The number of carbonyl (C=O) groups is 1. The van der Waals surface area contributed by atoms with E-state index in [1.807, 2.05) is 49.4 Å². The second-order valence-corrected chi connectivity index (χ2v) is 7.50. The molecule has 0 aromatic heterocycles. The quantitative estimate of drug-likeness (QED) is 0.717. The van der Waals surface area contributed by atoms with Crippen molar-refractivity contribution in [1.29, 1.82) is 0 Å². The summed E-state index contributed by atoms with van der Waals surface area (Å²) in [5, 5.41) is 3.68. The molecule has 0 saturated heterocycles. The van der Waals surface area contributed by atoms with E-state index in [2.05, 4.69) is 24.4 Å². The molecule has 2 aromatic carbocycles. The van der Waals surface area contributed by atoms with Crippen molar-refractivity contribution >= 4 is 29.3 Å². The van der Waals surface area contributed by atoms with Gasteiger partial charge in [0.05, 0.1) is 5.25 Å². The third-order valence-electron chi connectivity index (χ3n) is 3.59. The summed E-state index contributed by atoms with van der Waals surface area (Å²) >= 11 is 7.42. The highest BCUT2D eigenvalue weighted by Crippen LogP contribution is 2.24. The average Bonchev–Trinajstić information content (AvgIpc) is 2.56. The number of nitrogens with one attached hydrogen (secondary N) is 1. The van der Waals surface area contributed by atoms with Crippen LogP contribution < -0.4 is 5.32 Å². The summed E-state index contributed by atoms with van der Waals surface area (Å²) in [5.74, 6) is 0.0745. The second-order valence-electron chi connectivity index (χ2n) is 5.65. The lowest BCUT2D eigenvalue weighted by Gasteiger charge is -2.17. The van der Waals surface area contributed by atoms with Gasteiger partial charge in [0.15, 0.2) is 0 Å². The zero-order chi connectivity index (χ0) is 16.7. The van der Waals surface area contributed by atoms with E-state index in [1.54, 1.807) is 11.8 Å². The lowest BCUT2D eigenvalue weighted by atomic mass is 10.1. The number of hydrogen-bond donors (Lipinski definition) is 1. The SMILES string of the molecule is C[C@H](CCc1ccccc1)NC(=O)[C@H](C)Sc1ccc(Cl)cc1. The summed E-state index contributed by atoms with van der Waals surface area (Å²) in [4.78, 5) is 13.3. The first-order chi connectivity index (χ1) is 11.0. The Balaban J connectivity index is 1.77. The van der Waals surface area contributed by atoms with E-state index in [0.29, 0.717) is 5.02 Å². The van der Waals surface area contributed by atoms with Crippen molar-refractivity contribution in [3.63, 3.8) is 0 Å². The molecule has 2 rings (SSSR count). The third-order valence-corrected chi connectivity index (χ3v) is 4.96. The van der Waals surface area contributed by atoms with Crippen molar-refractivity contribution in [2.75, 3.05) is 0 Å². The lowest BCUT2D eigenvalue weighted by Crippen LogP contribution is -2.37. The first-order valence-electron chi connectivity index (χ1n) is 7.81. The Labute approximate surface area is 147 Å². The number of rotatable bonds is 7. The Kier molecular flexibility index (Phi) is 7.00. The number of aryl methyl sites for hydroxylation is 1. The van der Waals surface area contributed by atoms with Crippen LogP contribution >= 0.6 is 23.4 Å². The molecule has 0 heterocycles. The number of halogens is 1. The molecule has 0 fully saturated rings. The molecule has 2 aromatic rings. The van der Waals surface area contributed by atoms with Crippen LogP contribution in [0.5, 0.6) is 0 Å². The molecule has 122 valence electrons. The Bertz CT molecular complexity index is 615. The van der Waals surface area contributed by atoms with E-state index < -0.39 is 0 Å². The topological polar surface area (TPSA) is 29.1 Å². The second kappa shape index (κ2) is 8.99. The standard InChI is InChI=1S/C19H22ClNOS/c1-14(8-9-16-6-4-3-5-7-16)21-19(22)15(2)23-18-12-10-17(20)11-13-18/h3-7,10-15H,8-9H2,1-2H3,(H,21,22)/t14-,15+/m1/s1. The molecule has 0 saturated carbocycles. The van der Waals surface area contributed by atoms with Gasteiger partial charge < -0.3 is 5.32 Å². The fourth-order valence-corrected chi connectivity index (χ4v) is 3.23. The molecule has 1 amide bonds. The Hall–Kier alpha value is -1.45. The van der Waals surface area contributed by atoms with Gasteiger partial charge in [0.25, 0.3) is 0 Å². The predicted molar refractivity (Wildman–Crippen MR) is 99.1 cm³/mol. The van der Waals surface area contributed by atoms with Gasteiger partial charge in [-0.2, -0.15) is 0 Å². The molecule has 0 aliphatic heterocycles. The molecule has 2 atom stereocenters. The van der Waals surface area contributed by atoms with E-state index in [4.69, 9.17) is 11.6 Å². The first-order valence-corrected chi connectivity index (χ1v) is 9.07. The van der Waals surface area contributed by atoms with Gasteiger partial charge in [-0.25, -0.2) is 0 Å². The van der Waals surface area contributed by atoms with Gasteiger partial charge in [-0.15, -0.1) is 11.8 Å². The van der Waals surface area contributed by atoms with Crippen molar-refractivity contribution in [2.45, 2.75) is 42.9 Å². The number of hydrogen-bond acceptors (Lipinski definition) is 2. The van der Waals surface area contributed by atoms with E-state index >= 15 is 0 Å². The molecule has 0 bridgehead atoms. The number of amides is 1. The van der Waals surface area contributed by atoms with Crippen molar-refractivity contribution in [1.82, 2.24) is 5.32 Å². The van der Waals surface area contributed by atoms with Crippen LogP contribution in [0.15, 0.2) is 59.5 Å². The van der Waals surface area contributed by atoms with Gasteiger partial charge in [-0.3, -0.25) is 4.79 Å². The summed E-state index contributed by atoms with van der Waals surface area (Å²) in [6, 6.07) is 18.1. The monoisotopic (exact) mass is 347 g/mol. The minimum absolute atomic E-state index is 0.0745. The van der Waals surface area contributed by atoms with Crippen LogP contribution in [-0.2, 0) is 11.2 Å². The Morgan fingerprint density at radius 1 is 1.09 bits per heavy atom. The minimum atomic E-state index is -0.129. The van der Waals surface area contributed by atoms with Crippen molar-refractivity contribution < 1.29 is 4.79 Å². The molecular formula is C19H22ClNOS. The van der Waals surface area contributed by atoms with Crippen LogP contribution in [0.2, 0.25) is 5.02 Å². The molecular weight excluding hydrogens is 326 g/mol. The summed E-state index contributed by atoms with van der Waals surface area (Å²) in [6.07, 6.45) is 1.91. The average molecular weight is 348 g/mol. The van der Waals surface area contributed by atoms with Gasteiger partial charge >= 0.3 is 0 Å². The van der Waals surface area contributed by atoms with E-state index in [9.17, 15) is 4.79 Å². The molecule has 0 spiro atoms. The largest absolute Gasteiger partial charge is 0.353 e. The minimum Gasteiger partial charge on any atom is -0.353 e. The van der Waals surface area contributed by atoms with Crippen LogP contribution in [0.3, 0.4) is 0 Å². The fourth-order valence-electron chi connectivity index (χ4n) is 2.23. The normalized spacial score (nSPS) is 13.3. The van der Waals surface area contributed by atoms with Crippen LogP contribution in [0.1, 0.15) is 25.8 Å². The summed E-state index contributed by atoms with van der Waals surface area (Å²) in [7, 11) is 0. The summed E-state index contributed by atoms with van der Waals surface area (Å²) in [5.41, 5.74) is 1.30. The van der Waals surface area contributed by atoms with Crippen molar-refractivity contribution in [3.05, 3.63) is 65.2 Å². The Morgan fingerprint density at radius 3 is 2.39 bits per heavy atom. The molecule has 0 aliphatic rings. The first kappa shape index (κ1) is 17.9. The van der Waals surface area contributed by atoms with Crippen LogP contribution in [-0.4, -0.2) is 17.2 Å². The zero-order valence-corrected chi connectivity index (χ0v) is 15.0. The molecule has 4 heteroatoms. The molecule has 0 unspecified atom stereocenters. The maximum absolute atomic E-state index is 12.3. The molecule has 2 nitrogen and oxygen atoms in total. The van der Waals surface area contributed by atoms with Crippen molar-refractivity contribution in [3.8, 4) is 0 Å². The smallest absolute Gasteiger partial charge is 0.233 e. The summed E-state index contributed by atoms with van der Waals surface area (Å²) < 4.78 is 0. The highest BCUT2D eigenvalue weighted by molar-refractivity contribution is 8.00. The maximum Gasteiger partial charge on any atom is 0.233 e. The van der Waals surface area contributed by atoms with Gasteiger partial charge in [0.1, 0.15) is 0 Å². The Morgan fingerprint density at radius 2 is 1.74 bits per heavy atom. The third kappa shape index (κ3) is 6.28. The molecule has 0 radical (unpaired) electrons. The van der Waals surface area contributed by atoms with Crippen LogP contribution in [0.25, 0.3) is 0 Å². The lowest BCUT2D eigenvalue weighted by molar-refractivity contribution is -0.120. The van der Waals surface area contributed by atoms with Gasteiger partial charge in [-0.1, -0.05) is 41.9 Å². The maximum atomic E-state index is 12.3. The number of carbonyl (C=O) groups excluding carboxylic acids is 1. The molecule has 0 aliphatic carbocycles. The van der Waals surface area contributed by atoms with Gasteiger partial charge in [0.2, 0.25) is 5.91 Å². The fraction of sp³-hybridized carbons (Fsp3) is 0.316. The van der Waals surface area contributed by atoms with E-state index in [1.165, 1.54) is 5.56 Å². The van der Waals surface area contributed by atoms with Gasteiger partial charge in [-0.05, 0) is 56.5 Å². The zero-order valence-electron chi connectivity index (χ0n) is 13.5. The van der Waals surface area contributed by atoms with E-state index in [-0.39, 0.29) is 17.2 Å². The highest BCUT2D eigenvalue weighted by atomic mass is 35.5. The van der Waals surface area contributed by atoms with Gasteiger partial charge in [0, 0.05) is 16.0 Å². The molecule has 23 heavy (non-hydrogen) atoms. The van der Waals surface area contributed by atoms with Crippen molar-refractivity contribution in [2.24, 2.45) is 0 Å². The number of thioether (sulfide) groups is 1. The van der Waals surface area contributed by atoms with Crippen LogP contribution in [0, 0.1) is 0 Å². The van der Waals surface area contributed by atoms with Crippen LogP contribution in [0.4, 0.5) is 0 Å². The highest BCUT2D eigenvalue weighted by Gasteiger charge is 2.16. The predicted octanol–water partition coefficient (Wildman–Crippen LogP) is 4.96. The van der Waals surface area contributed by atoms with E-state index in [0.717, 1.165) is 17.7 Å². The molecule has 1 N–H and O–H groups in total.